The number of aromatic nitrogens is 1. The molecular weight excluding hydrogens is 202 g/mol. The topological polar surface area (TPSA) is 60.2 Å². The highest BCUT2D eigenvalue weighted by Crippen LogP contribution is 2.15. The van der Waals surface area contributed by atoms with Gasteiger partial charge in [-0.2, -0.15) is 0 Å². The molecule has 1 aromatic heterocycles. The summed E-state index contributed by atoms with van der Waals surface area (Å²) in [6, 6.07) is 2.28. The normalized spacial score (nSPS) is 12.4. The zero-order valence-corrected chi connectivity index (χ0v) is 10.3. The van der Waals surface area contributed by atoms with Gasteiger partial charge in [0.1, 0.15) is 5.82 Å². The number of hydrogen-bond donors (Lipinski definition) is 2. The molecule has 1 rings (SSSR count). The molecule has 3 N–H and O–H groups in total. The van der Waals surface area contributed by atoms with Gasteiger partial charge in [-0.25, -0.2) is 4.98 Å². The first-order chi connectivity index (χ1) is 7.67. The SMILES string of the molecule is CCCC(COC)Nc1cc(C)c(N)cn1. The number of pyridine rings is 1. The van der Waals surface area contributed by atoms with Crippen LogP contribution in [0, 0.1) is 6.92 Å². The standard InChI is InChI=1S/C12H21N3O/c1-4-5-10(8-16-3)15-12-6-9(2)11(13)7-14-12/h6-7,10H,4-5,8,13H2,1-3H3,(H,14,15). The fraction of sp³-hybridized carbons (Fsp3) is 0.583. The smallest absolute Gasteiger partial charge is 0.126 e. The number of methoxy groups -OCH3 is 1. The molecule has 0 saturated carbocycles. The van der Waals surface area contributed by atoms with E-state index in [1.165, 1.54) is 0 Å². The quantitative estimate of drug-likeness (QED) is 0.776. The Balaban J connectivity index is 2.65. The van der Waals surface area contributed by atoms with Crippen LogP contribution in [0.3, 0.4) is 0 Å². The molecule has 0 saturated heterocycles. The van der Waals surface area contributed by atoms with Crippen molar-refractivity contribution in [1.82, 2.24) is 4.98 Å². The van der Waals surface area contributed by atoms with Gasteiger partial charge in [0, 0.05) is 7.11 Å². The second kappa shape index (κ2) is 6.33. The summed E-state index contributed by atoms with van der Waals surface area (Å²) >= 11 is 0. The number of nitrogen functional groups attached to an aromatic ring is 1. The lowest BCUT2D eigenvalue weighted by Crippen LogP contribution is -2.25. The number of aryl methyl sites for hydroxylation is 1. The van der Waals surface area contributed by atoms with Gasteiger partial charge in [0.05, 0.1) is 24.5 Å². The number of hydrogen-bond acceptors (Lipinski definition) is 4. The predicted molar refractivity (Wildman–Crippen MR) is 67.6 cm³/mol. The van der Waals surface area contributed by atoms with E-state index < -0.39 is 0 Å². The lowest BCUT2D eigenvalue weighted by atomic mass is 10.1. The molecule has 1 aromatic rings. The highest BCUT2D eigenvalue weighted by Gasteiger charge is 2.08. The van der Waals surface area contributed by atoms with E-state index in [-0.39, 0.29) is 0 Å². The van der Waals surface area contributed by atoms with E-state index in [4.69, 9.17) is 10.5 Å². The average Bonchev–Trinajstić information content (AvgIpc) is 2.24. The van der Waals surface area contributed by atoms with Gasteiger partial charge in [-0.05, 0) is 25.0 Å². The first-order valence-electron chi connectivity index (χ1n) is 5.65. The van der Waals surface area contributed by atoms with Crippen molar-refractivity contribution in [2.75, 3.05) is 24.8 Å². The van der Waals surface area contributed by atoms with Gasteiger partial charge < -0.3 is 15.8 Å². The van der Waals surface area contributed by atoms with Crippen molar-refractivity contribution in [3.63, 3.8) is 0 Å². The summed E-state index contributed by atoms with van der Waals surface area (Å²) < 4.78 is 5.17. The largest absolute Gasteiger partial charge is 0.397 e. The van der Waals surface area contributed by atoms with Gasteiger partial charge in [-0.15, -0.1) is 0 Å². The number of anilines is 2. The predicted octanol–water partition coefficient (Wildman–Crippen LogP) is 2.20. The van der Waals surface area contributed by atoms with Crippen LogP contribution in [-0.4, -0.2) is 24.7 Å². The third kappa shape index (κ3) is 3.70. The fourth-order valence-corrected chi connectivity index (χ4v) is 1.60. The van der Waals surface area contributed by atoms with E-state index in [0.717, 1.165) is 29.9 Å². The second-order valence-electron chi connectivity index (χ2n) is 4.01. The second-order valence-corrected chi connectivity index (χ2v) is 4.01. The van der Waals surface area contributed by atoms with Crippen LogP contribution in [0.15, 0.2) is 12.3 Å². The molecule has 16 heavy (non-hydrogen) atoms. The highest BCUT2D eigenvalue weighted by molar-refractivity contribution is 5.51. The maximum Gasteiger partial charge on any atom is 0.126 e. The molecule has 4 heteroatoms. The van der Waals surface area contributed by atoms with Crippen LogP contribution in [0.4, 0.5) is 11.5 Å². The van der Waals surface area contributed by atoms with E-state index >= 15 is 0 Å². The fourth-order valence-electron chi connectivity index (χ4n) is 1.60. The summed E-state index contributed by atoms with van der Waals surface area (Å²) in [5.74, 6) is 0.863. The molecule has 0 aliphatic carbocycles. The van der Waals surface area contributed by atoms with Crippen LogP contribution < -0.4 is 11.1 Å². The summed E-state index contributed by atoms with van der Waals surface area (Å²) in [5, 5.41) is 3.36. The van der Waals surface area contributed by atoms with E-state index in [1.54, 1.807) is 13.3 Å². The lowest BCUT2D eigenvalue weighted by Gasteiger charge is -2.18. The van der Waals surface area contributed by atoms with Crippen molar-refractivity contribution >= 4 is 11.5 Å². The molecule has 4 nitrogen and oxygen atoms in total. The Kier molecular flexibility index (Phi) is 5.05. The molecule has 90 valence electrons. The molecule has 0 bridgehead atoms. The van der Waals surface area contributed by atoms with Crippen LogP contribution in [0.5, 0.6) is 0 Å². The van der Waals surface area contributed by atoms with E-state index in [9.17, 15) is 0 Å². The van der Waals surface area contributed by atoms with Crippen molar-refractivity contribution in [3.8, 4) is 0 Å². The Hall–Kier alpha value is -1.29. The Morgan fingerprint density at radius 3 is 2.88 bits per heavy atom. The monoisotopic (exact) mass is 223 g/mol. The number of rotatable bonds is 6. The third-order valence-electron chi connectivity index (χ3n) is 2.51. The zero-order valence-electron chi connectivity index (χ0n) is 10.3. The zero-order chi connectivity index (χ0) is 12.0. The summed E-state index contributed by atoms with van der Waals surface area (Å²) in [7, 11) is 1.71. The van der Waals surface area contributed by atoms with Crippen LogP contribution in [-0.2, 0) is 4.74 Å². The number of nitrogens with one attached hydrogen (secondary N) is 1. The van der Waals surface area contributed by atoms with Gasteiger partial charge in [-0.1, -0.05) is 13.3 Å². The minimum absolute atomic E-state index is 0.311. The van der Waals surface area contributed by atoms with E-state index in [2.05, 4.69) is 17.2 Å². The van der Waals surface area contributed by atoms with E-state index in [1.807, 2.05) is 13.0 Å². The summed E-state index contributed by atoms with van der Waals surface area (Å²) in [5.41, 5.74) is 7.49. The van der Waals surface area contributed by atoms with Gasteiger partial charge in [0.15, 0.2) is 0 Å². The molecule has 1 atom stereocenters. The minimum Gasteiger partial charge on any atom is -0.397 e. The van der Waals surface area contributed by atoms with Crippen molar-refractivity contribution < 1.29 is 4.74 Å². The molecule has 0 aliphatic heterocycles. The van der Waals surface area contributed by atoms with Crippen LogP contribution in [0.25, 0.3) is 0 Å². The molecule has 1 unspecified atom stereocenters. The Bertz CT molecular complexity index is 322. The summed E-state index contributed by atoms with van der Waals surface area (Å²) in [6.07, 6.45) is 3.88. The molecule has 0 aliphatic rings. The van der Waals surface area contributed by atoms with Crippen molar-refractivity contribution in [2.45, 2.75) is 32.7 Å². The van der Waals surface area contributed by atoms with Crippen molar-refractivity contribution in [2.24, 2.45) is 0 Å². The molecule has 0 fully saturated rings. The van der Waals surface area contributed by atoms with Crippen molar-refractivity contribution in [3.05, 3.63) is 17.8 Å². The molecule has 1 heterocycles. The van der Waals surface area contributed by atoms with Gasteiger partial charge in [-0.3, -0.25) is 0 Å². The van der Waals surface area contributed by atoms with Crippen LogP contribution >= 0.6 is 0 Å². The van der Waals surface area contributed by atoms with E-state index in [0.29, 0.717) is 12.6 Å². The third-order valence-corrected chi connectivity index (χ3v) is 2.51. The summed E-state index contributed by atoms with van der Waals surface area (Å²) in [4.78, 5) is 4.25. The first kappa shape index (κ1) is 12.8. The van der Waals surface area contributed by atoms with Crippen molar-refractivity contribution in [1.29, 1.82) is 0 Å². The number of nitrogens with zero attached hydrogens (tertiary/aromatic N) is 1. The summed E-state index contributed by atoms with van der Waals surface area (Å²) in [6.45, 7) is 4.83. The van der Waals surface area contributed by atoms with Crippen LogP contribution in [0.2, 0.25) is 0 Å². The Morgan fingerprint density at radius 1 is 1.56 bits per heavy atom. The Morgan fingerprint density at radius 2 is 2.31 bits per heavy atom. The minimum atomic E-state index is 0.311. The molecule has 0 radical (unpaired) electrons. The number of nitrogens with two attached hydrogens (primary N) is 1. The maximum absolute atomic E-state index is 5.72. The number of ether oxygens (including phenoxy) is 1. The van der Waals surface area contributed by atoms with Gasteiger partial charge >= 0.3 is 0 Å². The average molecular weight is 223 g/mol. The van der Waals surface area contributed by atoms with Gasteiger partial charge in [0.25, 0.3) is 0 Å². The van der Waals surface area contributed by atoms with Gasteiger partial charge in [0.2, 0.25) is 0 Å². The van der Waals surface area contributed by atoms with Crippen LogP contribution in [0.1, 0.15) is 25.3 Å². The maximum atomic E-state index is 5.72. The molecular formula is C12H21N3O. The Labute approximate surface area is 97.2 Å². The molecule has 0 aromatic carbocycles. The first-order valence-corrected chi connectivity index (χ1v) is 5.65. The molecule has 0 amide bonds. The molecule has 0 spiro atoms. The highest BCUT2D eigenvalue weighted by atomic mass is 16.5. The lowest BCUT2D eigenvalue weighted by molar-refractivity contribution is 0.182.